The summed E-state index contributed by atoms with van der Waals surface area (Å²) in [7, 11) is 0. The molecule has 25 heavy (non-hydrogen) atoms. The maximum atomic E-state index is 12.1. The van der Waals surface area contributed by atoms with E-state index in [1.54, 1.807) is 43.1 Å². The fraction of sp³-hybridized carbons (Fsp3) is 0.294. The van der Waals surface area contributed by atoms with Gasteiger partial charge in [0.15, 0.2) is 0 Å². The van der Waals surface area contributed by atoms with Crippen molar-refractivity contribution in [2.75, 3.05) is 31.1 Å². The van der Waals surface area contributed by atoms with Gasteiger partial charge in [0.1, 0.15) is 17.4 Å². The van der Waals surface area contributed by atoms with Crippen molar-refractivity contribution in [3.63, 3.8) is 0 Å². The van der Waals surface area contributed by atoms with E-state index in [2.05, 4.69) is 20.2 Å². The van der Waals surface area contributed by atoms with Crippen LogP contribution in [0, 0.1) is 11.3 Å². The quantitative estimate of drug-likeness (QED) is 0.639. The second-order valence-electron chi connectivity index (χ2n) is 5.49. The van der Waals surface area contributed by atoms with Crippen molar-refractivity contribution >= 4 is 11.9 Å². The Balaban J connectivity index is 1.54. The van der Waals surface area contributed by atoms with E-state index in [9.17, 15) is 10.1 Å². The lowest BCUT2D eigenvalue weighted by Crippen LogP contribution is -2.45. The number of amides is 1. The number of rotatable bonds is 5. The molecule has 0 unspecified atom stereocenters. The minimum Gasteiger partial charge on any atom is -0.467 e. The first kappa shape index (κ1) is 16.5. The molecule has 2 aromatic rings. The first-order chi connectivity index (χ1) is 12.3. The summed E-state index contributed by atoms with van der Waals surface area (Å²) in [6.45, 7) is 3.09. The van der Waals surface area contributed by atoms with Crippen LogP contribution in [0.1, 0.15) is 5.76 Å². The zero-order chi connectivity index (χ0) is 17.5. The van der Waals surface area contributed by atoms with E-state index >= 15 is 0 Å². The minimum atomic E-state index is -0.410. The van der Waals surface area contributed by atoms with Crippen LogP contribution in [-0.2, 0) is 11.3 Å². The van der Waals surface area contributed by atoms with E-state index in [1.165, 1.54) is 0 Å². The zero-order valence-electron chi connectivity index (χ0n) is 13.6. The molecule has 3 heterocycles. The smallest absolute Gasteiger partial charge is 0.263 e. The lowest BCUT2D eigenvalue weighted by Gasteiger charge is -2.34. The Labute approximate surface area is 145 Å². The van der Waals surface area contributed by atoms with Crippen LogP contribution in [-0.4, -0.2) is 47.0 Å². The molecule has 0 atom stereocenters. The van der Waals surface area contributed by atoms with Crippen LogP contribution < -0.4 is 10.2 Å². The molecule has 1 aliphatic rings. The fourth-order valence-electron chi connectivity index (χ4n) is 2.50. The summed E-state index contributed by atoms with van der Waals surface area (Å²) in [5, 5.41) is 11.9. The van der Waals surface area contributed by atoms with Crippen LogP contribution in [0.5, 0.6) is 0 Å². The van der Waals surface area contributed by atoms with Gasteiger partial charge in [-0.05, 0) is 18.2 Å². The van der Waals surface area contributed by atoms with Crippen LogP contribution in [0.15, 0.2) is 53.0 Å². The summed E-state index contributed by atoms with van der Waals surface area (Å²) in [6.07, 6.45) is 6.58. The van der Waals surface area contributed by atoms with E-state index in [0.717, 1.165) is 13.1 Å². The van der Waals surface area contributed by atoms with E-state index < -0.39 is 5.91 Å². The Kier molecular flexibility index (Phi) is 5.26. The first-order valence-corrected chi connectivity index (χ1v) is 7.95. The maximum absolute atomic E-state index is 12.1. The molecule has 0 radical (unpaired) electrons. The summed E-state index contributed by atoms with van der Waals surface area (Å²) in [6, 6.07) is 7.25. The van der Waals surface area contributed by atoms with Crippen molar-refractivity contribution < 1.29 is 9.21 Å². The number of anilines is 1. The molecule has 1 amide bonds. The van der Waals surface area contributed by atoms with Crippen molar-refractivity contribution in [1.82, 2.24) is 20.2 Å². The number of nitriles is 1. The highest BCUT2D eigenvalue weighted by Crippen LogP contribution is 2.11. The molecule has 8 nitrogen and oxygen atoms in total. The summed E-state index contributed by atoms with van der Waals surface area (Å²) >= 11 is 0. The lowest BCUT2D eigenvalue weighted by molar-refractivity contribution is -0.117. The van der Waals surface area contributed by atoms with Crippen molar-refractivity contribution in [3.05, 3.63) is 54.4 Å². The number of carbonyl (C=O) groups excluding carboxylic acids is 1. The second-order valence-corrected chi connectivity index (χ2v) is 5.49. The van der Waals surface area contributed by atoms with E-state index in [4.69, 9.17) is 4.42 Å². The van der Waals surface area contributed by atoms with E-state index in [0.29, 0.717) is 24.8 Å². The predicted molar refractivity (Wildman–Crippen MR) is 90.1 cm³/mol. The third-order valence-electron chi connectivity index (χ3n) is 3.83. The highest BCUT2D eigenvalue weighted by molar-refractivity contribution is 5.97. The number of aromatic nitrogens is 2. The van der Waals surface area contributed by atoms with Gasteiger partial charge in [0.2, 0.25) is 5.95 Å². The molecule has 2 aromatic heterocycles. The molecule has 128 valence electrons. The van der Waals surface area contributed by atoms with Gasteiger partial charge in [0.05, 0.1) is 12.8 Å². The third kappa shape index (κ3) is 4.35. The van der Waals surface area contributed by atoms with Gasteiger partial charge >= 0.3 is 0 Å². The maximum Gasteiger partial charge on any atom is 0.263 e. The molecule has 1 aliphatic heterocycles. The monoisotopic (exact) mass is 338 g/mol. The molecule has 0 aromatic carbocycles. The minimum absolute atomic E-state index is 0.0796. The predicted octanol–water partition coefficient (Wildman–Crippen LogP) is 0.915. The number of hydrogen-bond donors (Lipinski definition) is 1. The number of furan rings is 1. The summed E-state index contributed by atoms with van der Waals surface area (Å²) in [5.74, 6) is 0.928. The third-order valence-corrected chi connectivity index (χ3v) is 3.83. The molecule has 0 spiro atoms. The van der Waals surface area contributed by atoms with Gasteiger partial charge in [-0.2, -0.15) is 5.26 Å². The van der Waals surface area contributed by atoms with Crippen molar-refractivity contribution in [1.29, 1.82) is 5.26 Å². The average Bonchev–Trinajstić information content (AvgIpc) is 3.19. The van der Waals surface area contributed by atoms with Crippen molar-refractivity contribution in [3.8, 4) is 6.07 Å². The topological polar surface area (TPSA) is 98.3 Å². The van der Waals surface area contributed by atoms with Gasteiger partial charge in [-0.3, -0.25) is 4.79 Å². The van der Waals surface area contributed by atoms with Gasteiger partial charge in [0, 0.05) is 44.8 Å². The van der Waals surface area contributed by atoms with Crippen molar-refractivity contribution in [2.45, 2.75) is 6.54 Å². The largest absolute Gasteiger partial charge is 0.467 e. The normalized spacial score (nSPS) is 14.9. The molecular weight excluding hydrogens is 320 g/mol. The summed E-state index contributed by atoms with van der Waals surface area (Å²) < 4.78 is 5.16. The highest BCUT2D eigenvalue weighted by Gasteiger charge is 2.18. The molecular formula is C17H18N6O2. The Morgan fingerprint density at radius 1 is 1.28 bits per heavy atom. The van der Waals surface area contributed by atoms with E-state index in [-0.39, 0.29) is 12.1 Å². The van der Waals surface area contributed by atoms with Crippen molar-refractivity contribution in [2.24, 2.45) is 0 Å². The number of hydrogen-bond acceptors (Lipinski definition) is 7. The van der Waals surface area contributed by atoms with Crippen LogP contribution in [0.4, 0.5) is 5.95 Å². The number of piperazine rings is 1. The van der Waals surface area contributed by atoms with Gasteiger partial charge in [-0.15, -0.1) is 0 Å². The van der Waals surface area contributed by atoms with Crippen LogP contribution in [0.25, 0.3) is 0 Å². The fourth-order valence-corrected chi connectivity index (χ4v) is 2.50. The Hall–Kier alpha value is -3.34. The van der Waals surface area contributed by atoms with Gasteiger partial charge in [0.25, 0.3) is 5.91 Å². The zero-order valence-corrected chi connectivity index (χ0v) is 13.6. The molecule has 0 bridgehead atoms. The number of nitrogens with one attached hydrogen (secondary N) is 1. The van der Waals surface area contributed by atoms with Crippen LogP contribution >= 0.6 is 0 Å². The average molecular weight is 338 g/mol. The molecule has 0 saturated carbocycles. The Morgan fingerprint density at radius 2 is 2.04 bits per heavy atom. The van der Waals surface area contributed by atoms with Gasteiger partial charge < -0.3 is 19.5 Å². The molecule has 1 N–H and O–H groups in total. The molecule has 1 fully saturated rings. The first-order valence-electron chi connectivity index (χ1n) is 7.95. The molecule has 1 saturated heterocycles. The Bertz CT molecular complexity index is 758. The Morgan fingerprint density at radius 3 is 2.68 bits per heavy atom. The highest BCUT2D eigenvalue weighted by atomic mass is 16.3. The van der Waals surface area contributed by atoms with Crippen LogP contribution in [0.3, 0.4) is 0 Å². The molecule has 3 rings (SSSR count). The molecule has 0 aliphatic carbocycles. The number of nitrogens with zero attached hydrogens (tertiary/aromatic N) is 5. The SMILES string of the molecule is N#C/C(=C/N1CCN(c2ncccn2)CC1)C(=O)NCc1ccco1. The lowest BCUT2D eigenvalue weighted by atomic mass is 10.2. The van der Waals surface area contributed by atoms with Crippen LogP contribution in [0.2, 0.25) is 0 Å². The molecule has 8 heteroatoms. The van der Waals surface area contributed by atoms with Gasteiger partial charge in [-0.25, -0.2) is 9.97 Å². The van der Waals surface area contributed by atoms with E-state index in [1.807, 2.05) is 11.0 Å². The summed E-state index contributed by atoms with van der Waals surface area (Å²) in [5.41, 5.74) is 0.0796. The second kappa shape index (κ2) is 7.97. The standard InChI is InChI=1S/C17H18N6O2/c18-11-14(16(24)21-12-15-3-1-10-25-15)13-22-6-8-23(9-7-22)17-19-4-2-5-20-17/h1-5,10,13H,6-9,12H2,(H,21,24)/b14-13-. The number of carbonyl (C=O) groups is 1. The van der Waals surface area contributed by atoms with Gasteiger partial charge in [-0.1, -0.05) is 0 Å². The summed E-state index contributed by atoms with van der Waals surface area (Å²) in [4.78, 5) is 24.6.